The SMILES string of the molecule is C[Si](C)=[Zr+2].Cc1cc2c(-n3ncc4ccccc43)cc(-c3ccccc3)cc2[cH-]1.Cc1cc2c(-n3ncc4ccccc43)cc(-c3ccccc3)cc2[cH-]1.[Cl-].[Cl-]. The van der Waals surface area contributed by atoms with E-state index in [-0.39, 0.29) is 30.2 Å². The zero-order chi connectivity index (χ0) is 37.2. The van der Waals surface area contributed by atoms with Gasteiger partial charge in [-0.1, -0.05) is 122 Å². The van der Waals surface area contributed by atoms with Crippen molar-refractivity contribution < 1.29 is 48.1 Å². The molecular formula is C48H40Cl2N4SiZr-2. The molecule has 2 heterocycles. The second-order valence-corrected chi connectivity index (χ2v) is 23.4. The first-order valence-corrected chi connectivity index (χ1v) is 24.4. The van der Waals surface area contributed by atoms with E-state index in [2.05, 4.69) is 204 Å². The molecule has 0 atom stereocenters. The largest absolute Gasteiger partial charge is 1.00 e. The summed E-state index contributed by atoms with van der Waals surface area (Å²) in [7, 11) is 0. The maximum atomic E-state index is 4.68. The molecule has 276 valence electrons. The van der Waals surface area contributed by atoms with Crippen LogP contribution in [0.3, 0.4) is 0 Å². The number of aryl methyl sites for hydroxylation is 2. The summed E-state index contributed by atoms with van der Waals surface area (Å²) in [6, 6.07) is 55.8. The van der Waals surface area contributed by atoms with E-state index in [9.17, 15) is 0 Å². The third-order valence-electron chi connectivity index (χ3n) is 9.52. The van der Waals surface area contributed by atoms with Gasteiger partial charge in [-0.05, 0) is 35.4 Å². The Morgan fingerprint density at radius 1 is 0.482 bits per heavy atom. The third-order valence-corrected chi connectivity index (χ3v) is 9.52. The molecule has 56 heavy (non-hydrogen) atoms. The number of hydrogen-bond donors (Lipinski definition) is 0. The summed E-state index contributed by atoms with van der Waals surface area (Å²) in [5.41, 5.74) is 12.2. The van der Waals surface area contributed by atoms with Gasteiger partial charge in [0.15, 0.2) is 0 Å². The molecule has 0 fully saturated rings. The smallest absolute Gasteiger partial charge is 0.0731 e. The van der Waals surface area contributed by atoms with Gasteiger partial charge in [-0.3, -0.25) is 0 Å². The maximum absolute atomic E-state index is 4.68. The molecule has 0 aliphatic rings. The predicted molar refractivity (Wildman–Crippen MR) is 226 cm³/mol. The summed E-state index contributed by atoms with van der Waals surface area (Å²) in [6.07, 6.45) is 3.87. The van der Waals surface area contributed by atoms with Crippen LogP contribution in [0.25, 0.3) is 77.0 Å². The van der Waals surface area contributed by atoms with Crippen LogP contribution in [-0.4, -0.2) is 25.0 Å². The van der Waals surface area contributed by atoms with Gasteiger partial charge in [-0.25, -0.2) is 9.36 Å². The van der Waals surface area contributed by atoms with E-state index >= 15 is 0 Å². The van der Waals surface area contributed by atoms with E-state index in [1.807, 2.05) is 12.4 Å². The molecule has 0 spiro atoms. The number of aromatic nitrogens is 4. The van der Waals surface area contributed by atoms with E-state index < -0.39 is 0 Å². The Morgan fingerprint density at radius 3 is 1.23 bits per heavy atom. The molecular weight excluding hydrogens is 823 g/mol. The van der Waals surface area contributed by atoms with Crippen molar-refractivity contribution in [3.8, 4) is 33.6 Å². The van der Waals surface area contributed by atoms with Crippen LogP contribution in [0.2, 0.25) is 13.1 Å². The van der Waals surface area contributed by atoms with Gasteiger partial charge in [0.1, 0.15) is 0 Å². The Hall–Kier alpha value is -4.84. The molecule has 0 radical (unpaired) electrons. The number of fused-ring (bicyclic) bond motifs is 4. The minimum absolute atomic E-state index is 0. The van der Waals surface area contributed by atoms with E-state index in [4.69, 9.17) is 0 Å². The first kappa shape index (κ1) is 40.8. The molecule has 0 saturated carbocycles. The standard InChI is InChI=1S/2C23H17N2.C2H6Si.2ClH.Zr/c2*1-16-11-20-13-19(17-7-3-2-4-8-17)14-23(21(20)12-16)25-22-10-6-5-9-18(22)15-24-25;1-3-2;;;/h2*2-15H,1H3;1-2H3;2*1H;/q2*-1;;;;+2/p-2. The Bertz CT molecular complexity index is 2710. The molecule has 0 amide bonds. The average molecular weight is 863 g/mol. The fourth-order valence-electron chi connectivity index (χ4n) is 7.17. The monoisotopic (exact) mass is 860 g/mol. The first-order chi connectivity index (χ1) is 26.3. The molecule has 0 aliphatic heterocycles. The van der Waals surface area contributed by atoms with E-state index in [0.717, 1.165) is 33.2 Å². The summed E-state index contributed by atoms with van der Waals surface area (Å²) in [4.78, 5) is 0. The van der Waals surface area contributed by atoms with Gasteiger partial charge in [-0.2, -0.15) is 22.3 Å². The molecule has 0 aliphatic carbocycles. The second kappa shape index (κ2) is 18.0. The van der Waals surface area contributed by atoms with Crippen LogP contribution >= 0.6 is 0 Å². The van der Waals surface area contributed by atoms with E-state index in [1.54, 1.807) is 23.3 Å². The van der Waals surface area contributed by atoms with Crippen LogP contribution in [0.5, 0.6) is 0 Å². The van der Waals surface area contributed by atoms with Crippen molar-refractivity contribution in [3.63, 3.8) is 0 Å². The van der Waals surface area contributed by atoms with Gasteiger partial charge in [0.25, 0.3) is 0 Å². The Balaban J connectivity index is 0.000000168. The molecule has 2 aromatic heterocycles. The van der Waals surface area contributed by atoms with Crippen molar-refractivity contribution in [1.82, 2.24) is 19.6 Å². The summed E-state index contributed by atoms with van der Waals surface area (Å²) in [5, 5.41) is 16.7. The number of halogens is 2. The number of para-hydroxylation sites is 2. The Kier molecular flexibility index (Phi) is 13.1. The van der Waals surface area contributed by atoms with Crippen molar-refractivity contribution in [2.24, 2.45) is 0 Å². The summed E-state index contributed by atoms with van der Waals surface area (Å²) in [6.45, 7) is 8.91. The molecule has 0 bridgehead atoms. The molecule has 0 unspecified atom stereocenters. The van der Waals surface area contributed by atoms with Crippen LogP contribution in [0.1, 0.15) is 11.1 Å². The van der Waals surface area contributed by atoms with Gasteiger partial charge in [0.2, 0.25) is 0 Å². The molecule has 4 nitrogen and oxygen atoms in total. The van der Waals surface area contributed by atoms with Crippen molar-refractivity contribution >= 4 is 48.8 Å². The van der Waals surface area contributed by atoms with Gasteiger partial charge in [-0.15, -0.1) is 56.9 Å². The molecule has 8 aromatic carbocycles. The molecule has 10 rings (SSSR count). The predicted octanol–water partition coefficient (Wildman–Crippen LogP) is 6.54. The molecule has 0 saturated heterocycles. The van der Waals surface area contributed by atoms with Crippen molar-refractivity contribution in [2.75, 3.05) is 0 Å². The van der Waals surface area contributed by atoms with Crippen molar-refractivity contribution in [2.45, 2.75) is 26.9 Å². The number of benzene rings is 6. The van der Waals surface area contributed by atoms with Gasteiger partial charge >= 0.3 is 41.9 Å². The van der Waals surface area contributed by atoms with E-state index in [1.165, 1.54) is 54.9 Å². The van der Waals surface area contributed by atoms with Crippen LogP contribution in [0.4, 0.5) is 0 Å². The minimum atomic E-state index is 0. The van der Waals surface area contributed by atoms with Crippen molar-refractivity contribution in [3.05, 3.63) is 181 Å². The first-order valence-electron chi connectivity index (χ1n) is 18.2. The number of rotatable bonds is 4. The molecule has 0 N–H and O–H groups in total. The zero-order valence-electron chi connectivity index (χ0n) is 31.7. The Labute approximate surface area is 355 Å². The Morgan fingerprint density at radius 2 is 0.839 bits per heavy atom. The van der Waals surface area contributed by atoms with E-state index in [0.29, 0.717) is 0 Å². The normalized spacial score (nSPS) is 10.7. The van der Waals surface area contributed by atoms with Gasteiger partial charge in [0, 0.05) is 22.1 Å². The quantitative estimate of drug-likeness (QED) is 0.149. The summed E-state index contributed by atoms with van der Waals surface area (Å²) < 4.78 is 4.12. The van der Waals surface area contributed by atoms with Gasteiger partial charge in [0.05, 0.1) is 23.4 Å². The minimum Gasteiger partial charge on any atom is -1.00 e. The number of hydrogen-bond acceptors (Lipinski definition) is 2. The second-order valence-electron chi connectivity index (χ2n) is 14.0. The van der Waals surface area contributed by atoms with Gasteiger partial charge < -0.3 is 24.8 Å². The van der Waals surface area contributed by atoms with Crippen LogP contribution in [0.15, 0.2) is 170 Å². The van der Waals surface area contributed by atoms with Crippen LogP contribution in [-0.2, 0) is 23.3 Å². The number of nitrogens with zero attached hydrogens (tertiary/aromatic N) is 4. The summed E-state index contributed by atoms with van der Waals surface area (Å²) >= 11 is 1.74. The summed E-state index contributed by atoms with van der Waals surface area (Å²) in [5.74, 6) is 0. The topological polar surface area (TPSA) is 35.6 Å². The average Bonchev–Trinajstić information content (AvgIpc) is 3.99. The maximum Gasteiger partial charge on any atom is 0.0731 e. The fraction of sp³-hybridized carbons (Fsp3) is 0.0833. The van der Waals surface area contributed by atoms with Crippen molar-refractivity contribution in [1.29, 1.82) is 0 Å². The van der Waals surface area contributed by atoms with Crippen LogP contribution < -0.4 is 24.8 Å². The molecule has 10 aromatic rings. The molecule has 8 heteroatoms. The third kappa shape index (κ3) is 8.60. The van der Waals surface area contributed by atoms with Crippen LogP contribution in [0, 0.1) is 13.8 Å². The zero-order valence-corrected chi connectivity index (χ0v) is 36.7. The fourth-order valence-corrected chi connectivity index (χ4v) is 7.17.